The second-order valence-corrected chi connectivity index (χ2v) is 5.46. The molecule has 6 heteroatoms. The maximum absolute atomic E-state index is 12.4. The van der Waals surface area contributed by atoms with Crippen LogP contribution in [0.4, 0.5) is 5.88 Å². The zero-order valence-corrected chi connectivity index (χ0v) is 12.1. The molecule has 0 atom stereocenters. The predicted octanol–water partition coefficient (Wildman–Crippen LogP) is 2.58. The third-order valence-electron chi connectivity index (χ3n) is 3.99. The number of fused-ring (bicyclic) bond motifs is 2. The number of hydrogen-bond donors (Lipinski definition) is 1. The summed E-state index contributed by atoms with van der Waals surface area (Å²) >= 11 is 0. The molecule has 0 radical (unpaired) electrons. The van der Waals surface area contributed by atoms with Gasteiger partial charge in [-0.15, -0.1) is 0 Å². The van der Waals surface area contributed by atoms with Crippen LogP contribution < -0.4 is 14.8 Å². The number of aryl methyl sites for hydroxylation is 1. The Morgan fingerprint density at radius 1 is 1.09 bits per heavy atom. The number of benzene rings is 1. The molecule has 0 saturated heterocycles. The standard InChI is InChI=1S/C16H16N2O4/c19-15(10-5-6-13-14(9-10)21-8-7-20-13)17-16-11-3-1-2-4-12(11)18-22-16/h5-6,9H,1-4,7-8H2,(H,17,19). The van der Waals surface area contributed by atoms with Gasteiger partial charge in [-0.05, 0) is 43.9 Å². The molecule has 1 N–H and O–H groups in total. The summed E-state index contributed by atoms with van der Waals surface area (Å²) in [6, 6.07) is 5.15. The number of amides is 1. The number of rotatable bonds is 2. The summed E-state index contributed by atoms with van der Waals surface area (Å²) in [5.74, 6) is 1.49. The Morgan fingerprint density at radius 2 is 1.91 bits per heavy atom. The fraction of sp³-hybridized carbons (Fsp3) is 0.375. The van der Waals surface area contributed by atoms with E-state index in [2.05, 4.69) is 10.5 Å². The molecule has 0 fully saturated rings. The third kappa shape index (κ3) is 2.30. The van der Waals surface area contributed by atoms with E-state index < -0.39 is 0 Å². The van der Waals surface area contributed by atoms with Crippen molar-refractivity contribution in [2.75, 3.05) is 18.5 Å². The predicted molar refractivity (Wildman–Crippen MR) is 78.5 cm³/mol. The number of carbonyl (C=O) groups excluding carboxylic acids is 1. The van der Waals surface area contributed by atoms with E-state index in [1.807, 2.05) is 0 Å². The first-order valence-electron chi connectivity index (χ1n) is 7.50. The van der Waals surface area contributed by atoms with E-state index in [0.717, 1.165) is 36.9 Å². The van der Waals surface area contributed by atoms with Gasteiger partial charge >= 0.3 is 0 Å². The smallest absolute Gasteiger partial charge is 0.258 e. The summed E-state index contributed by atoms with van der Waals surface area (Å²) in [6.45, 7) is 1.02. The van der Waals surface area contributed by atoms with Crippen molar-refractivity contribution in [2.24, 2.45) is 0 Å². The third-order valence-corrected chi connectivity index (χ3v) is 3.99. The summed E-state index contributed by atoms with van der Waals surface area (Å²) in [5.41, 5.74) is 2.49. The van der Waals surface area contributed by atoms with Crippen molar-refractivity contribution < 1.29 is 18.8 Å². The van der Waals surface area contributed by atoms with Gasteiger partial charge in [0, 0.05) is 11.1 Å². The lowest BCUT2D eigenvalue weighted by atomic mass is 9.97. The topological polar surface area (TPSA) is 73.6 Å². The molecule has 1 amide bonds. The first-order chi connectivity index (χ1) is 10.8. The molecule has 0 bridgehead atoms. The molecule has 2 aromatic rings. The largest absolute Gasteiger partial charge is 0.486 e. The minimum absolute atomic E-state index is 0.235. The Kier molecular flexibility index (Phi) is 3.21. The number of hydrogen-bond acceptors (Lipinski definition) is 5. The molecule has 2 aliphatic rings. The van der Waals surface area contributed by atoms with E-state index in [-0.39, 0.29) is 5.91 Å². The molecule has 1 aromatic heterocycles. The highest BCUT2D eigenvalue weighted by Crippen LogP contribution is 2.32. The SMILES string of the molecule is O=C(Nc1onc2c1CCCC2)c1ccc2c(c1)OCCO2. The molecule has 1 aliphatic heterocycles. The zero-order chi connectivity index (χ0) is 14.9. The fourth-order valence-electron chi connectivity index (χ4n) is 2.85. The van der Waals surface area contributed by atoms with E-state index in [1.54, 1.807) is 18.2 Å². The van der Waals surface area contributed by atoms with Crippen molar-refractivity contribution in [3.63, 3.8) is 0 Å². The number of anilines is 1. The van der Waals surface area contributed by atoms with Gasteiger partial charge in [-0.3, -0.25) is 10.1 Å². The minimum Gasteiger partial charge on any atom is -0.486 e. The Bertz CT molecular complexity index is 723. The number of nitrogens with one attached hydrogen (secondary N) is 1. The average Bonchev–Trinajstić information content (AvgIpc) is 2.97. The van der Waals surface area contributed by atoms with Crippen molar-refractivity contribution in [1.29, 1.82) is 0 Å². The Morgan fingerprint density at radius 3 is 2.82 bits per heavy atom. The van der Waals surface area contributed by atoms with Crippen molar-refractivity contribution in [3.8, 4) is 11.5 Å². The van der Waals surface area contributed by atoms with Gasteiger partial charge < -0.3 is 14.0 Å². The van der Waals surface area contributed by atoms with Crippen LogP contribution in [0.3, 0.4) is 0 Å². The molecule has 1 aliphatic carbocycles. The lowest BCUT2D eigenvalue weighted by Gasteiger charge is -2.18. The molecule has 4 rings (SSSR count). The maximum atomic E-state index is 12.4. The average molecular weight is 300 g/mol. The van der Waals surface area contributed by atoms with Crippen LogP contribution in [-0.2, 0) is 12.8 Å². The molecule has 0 spiro atoms. The van der Waals surface area contributed by atoms with E-state index in [1.165, 1.54) is 0 Å². The molecular weight excluding hydrogens is 284 g/mol. The van der Waals surface area contributed by atoms with Crippen molar-refractivity contribution in [3.05, 3.63) is 35.0 Å². The minimum atomic E-state index is -0.235. The summed E-state index contributed by atoms with van der Waals surface area (Å²) in [6.07, 6.45) is 4.03. The molecular formula is C16H16N2O4. The summed E-state index contributed by atoms with van der Waals surface area (Å²) in [7, 11) is 0. The lowest BCUT2D eigenvalue weighted by Crippen LogP contribution is -2.17. The Labute approximate surface area is 127 Å². The van der Waals surface area contributed by atoms with Crippen LogP contribution in [0.5, 0.6) is 11.5 Å². The van der Waals surface area contributed by atoms with Gasteiger partial charge in [-0.2, -0.15) is 0 Å². The quantitative estimate of drug-likeness (QED) is 0.922. The van der Waals surface area contributed by atoms with Crippen molar-refractivity contribution in [1.82, 2.24) is 5.16 Å². The van der Waals surface area contributed by atoms with Crippen LogP contribution in [0.2, 0.25) is 0 Å². The van der Waals surface area contributed by atoms with E-state index in [0.29, 0.717) is 36.2 Å². The van der Waals surface area contributed by atoms with Gasteiger partial charge in [0.25, 0.3) is 5.91 Å². The zero-order valence-electron chi connectivity index (χ0n) is 12.1. The highest BCUT2D eigenvalue weighted by molar-refractivity contribution is 6.04. The van der Waals surface area contributed by atoms with E-state index in [9.17, 15) is 4.79 Å². The second-order valence-electron chi connectivity index (χ2n) is 5.46. The molecule has 1 aromatic carbocycles. The molecule has 0 saturated carbocycles. The summed E-state index contributed by atoms with van der Waals surface area (Å²) in [5, 5.41) is 6.85. The number of nitrogens with zero attached hydrogens (tertiary/aromatic N) is 1. The lowest BCUT2D eigenvalue weighted by molar-refractivity contribution is 0.102. The molecule has 2 heterocycles. The second kappa shape index (κ2) is 5.36. The highest BCUT2D eigenvalue weighted by Gasteiger charge is 2.22. The number of aromatic nitrogens is 1. The van der Waals surface area contributed by atoms with Crippen LogP contribution in [0.25, 0.3) is 0 Å². The number of carbonyl (C=O) groups is 1. The monoisotopic (exact) mass is 300 g/mol. The van der Waals surface area contributed by atoms with Gasteiger partial charge in [0.2, 0.25) is 5.88 Å². The number of ether oxygens (including phenoxy) is 2. The molecule has 0 unspecified atom stereocenters. The van der Waals surface area contributed by atoms with Crippen LogP contribution >= 0.6 is 0 Å². The van der Waals surface area contributed by atoms with Gasteiger partial charge in [0.05, 0.1) is 5.69 Å². The molecule has 22 heavy (non-hydrogen) atoms. The first-order valence-corrected chi connectivity index (χ1v) is 7.50. The Balaban J connectivity index is 1.56. The van der Waals surface area contributed by atoms with Crippen LogP contribution in [0.15, 0.2) is 22.7 Å². The van der Waals surface area contributed by atoms with E-state index in [4.69, 9.17) is 14.0 Å². The summed E-state index contributed by atoms with van der Waals surface area (Å²) < 4.78 is 16.2. The van der Waals surface area contributed by atoms with Gasteiger partial charge in [-0.1, -0.05) is 5.16 Å². The van der Waals surface area contributed by atoms with Crippen LogP contribution in [0, 0.1) is 0 Å². The normalized spacial score (nSPS) is 16.0. The maximum Gasteiger partial charge on any atom is 0.258 e. The van der Waals surface area contributed by atoms with Crippen molar-refractivity contribution >= 4 is 11.8 Å². The van der Waals surface area contributed by atoms with Gasteiger partial charge in [0.15, 0.2) is 11.5 Å². The fourth-order valence-corrected chi connectivity index (χ4v) is 2.85. The first kappa shape index (κ1) is 13.2. The summed E-state index contributed by atoms with van der Waals surface area (Å²) in [4.78, 5) is 12.4. The van der Waals surface area contributed by atoms with Crippen molar-refractivity contribution in [2.45, 2.75) is 25.7 Å². The van der Waals surface area contributed by atoms with Crippen LogP contribution in [0.1, 0.15) is 34.5 Å². The molecule has 6 nitrogen and oxygen atoms in total. The van der Waals surface area contributed by atoms with Gasteiger partial charge in [-0.25, -0.2) is 0 Å². The molecule has 114 valence electrons. The highest BCUT2D eigenvalue weighted by atomic mass is 16.6. The Hall–Kier alpha value is -2.50. The van der Waals surface area contributed by atoms with Crippen LogP contribution in [-0.4, -0.2) is 24.3 Å². The van der Waals surface area contributed by atoms with E-state index >= 15 is 0 Å². The van der Waals surface area contributed by atoms with Gasteiger partial charge in [0.1, 0.15) is 13.2 Å².